The molecule has 0 fully saturated rings. The van der Waals surface area contributed by atoms with E-state index < -0.39 is 5.82 Å². The predicted molar refractivity (Wildman–Crippen MR) is 78.7 cm³/mol. The number of rotatable bonds is 3. The molecule has 0 atom stereocenters. The summed E-state index contributed by atoms with van der Waals surface area (Å²) in [6.07, 6.45) is 4.77. The van der Waals surface area contributed by atoms with Crippen LogP contribution in [0.2, 0.25) is 0 Å². The van der Waals surface area contributed by atoms with Crippen molar-refractivity contribution in [3.63, 3.8) is 0 Å². The molecule has 0 amide bonds. The number of aromatic nitrogens is 3. The minimum Gasteiger partial charge on any atom is -0.303 e. The van der Waals surface area contributed by atoms with Crippen molar-refractivity contribution in [2.75, 3.05) is 0 Å². The SMILES string of the molecule is O=c1ccccn1-c1ccc(-n2cnc(CCl)c2)c(F)c1. The first-order valence-electron chi connectivity index (χ1n) is 6.26. The van der Waals surface area contributed by atoms with E-state index in [0.717, 1.165) is 0 Å². The van der Waals surface area contributed by atoms with E-state index in [9.17, 15) is 9.18 Å². The summed E-state index contributed by atoms with van der Waals surface area (Å²) < 4.78 is 17.2. The molecule has 2 aromatic heterocycles. The molecule has 106 valence electrons. The maximum absolute atomic E-state index is 14.3. The molecule has 0 unspecified atom stereocenters. The van der Waals surface area contributed by atoms with Crippen molar-refractivity contribution in [1.29, 1.82) is 0 Å². The number of halogens is 2. The molecule has 0 spiro atoms. The second-order valence-corrected chi connectivity index (χ2v) is 4.72. The average molecular weight is 304 g/mol. The van der Waals surface area contributed by atoms with Crippen LogP contribution in [0, 0.1) is 5.82 Å². The second-order valence-electron chi connectivity index (χ2n) is 4.45. The van der Waals surface area contributed by atoms with Crippen molar-refractivity contribution in [2.45, 2.75) is 5.88 Å². The third kappa shape index (κ3) is 2.60. The van der Waals surface area contributed by atoms with Gasteiger partial charge in [0.1, 0.15) is 5.82 Å². The van der Waals surface area contributed by atoms with E-state index in [1.54, 1.807) is 41.2 Å². The summed E-state index contributed by atoms with van der Waals surface area (Å²) in [6, 6.07) is 9.38. The molecular weight excluding hydrogens is 293 g/mol. The highest BCUT2D eigenvalue weighted by Crippen LogP contribution is 2.17. The second kappa shape index (κ2) is 5.54. The molecule has 1 aromatic carbocycles. The topological polar surface area (TPSA) is 39.8 Å². The first kappa shape index (κ1) is 13.6. The van der Waals surface area contributed by atoms with E-state index >= 15 is 0 Å². The largest absolute Gasteiger partial charge is 0.303 e. The highest BCUT2D eigenvalue weighted by atomic mass is 35.5. The minimum absolute atomic E-state index is 0.211. The lowest BCUT2D eigenvalue weighted by atomic mass is 10.2. The highest BCUT2D eigenvalue weighted by Gasteiger charge is 2.08. The van der Waals surface area contributed by atoms with Gasteiger partial charge >= 0.3 is 0 Å². The molecule has 21 heavy (non-hydrogen) atoms. The van der Waals surface area contributed by atoms with E-state index in [1.807, 2.05) is 0 Å². The molecule has 3 rings (SSSR count). The maximum Gasteiger partial charge on any atom is 0.255 e. The van der Waals surface area contributed by atoms with Gasteiger partial charge < -0.3 is 4.57 Å². The van der Waals surface area contributed by atoms with Crippen molar-refractivity contribution in [2.24, 2.45) is 0 Å². The third-order valence-corrected chi connectivity index (χ3v) is 3.36. The molecule has 0 saturated heterocycles. The van der Waals surface area contributed by atoms with Crippen molar-refractivity contribution in [3.05, 3.63) is 77.0 Å². The van der Waals surface area contributed by atoms with Gasteiger partial charge in [-0.25, -0.2) is 9.37 Å². The summed E-state index contributed by atoms with van der Waals surface area (Å²) in [6.45, 7) is 0. The molecule has 4 nitrogen and oxygen atoms in total. The molecule has 0 saturated carbocycles. The Bertz CT molecular complexity index is 841. The number of nitrogens with zero attached hydrogens (tertiary/aromatic N) is 3. The molecule has 2 heterocycles. The summed E-state index contributed by atoms with van der Waals surface area (Å²) in [5.41, 5.74) is 1.28. The molecule has 0 radical (unpaired) electrons. The van der Waals surface area contributed by atoms with Gasteiger partial charge in [0.05, 0.1) is 29.3 Å². The van der Waals surface area contributed by atoms with E-state index in [-0.39, 0.29) is 11.4 Å². The first-order chi connectivity index (χ1) is 10.2. The van der Waals surface area contributed by atoms with Gasteiger partial charge in [0.25, 0.3) is 5.56 Å². The Morgan fingerprint density at radius 3 is 2.76 bits per heavy atom. The molecule has 0 aliphatic carbocycles. The molecule has 0 aliphatic heterocycles. The zero-order chi connectivity index (χ0) is 14.8. The van der Waals surface area contributed by atoms with Crippen LogP contribution in [0.4, 0.5) is 4.39 Å². The Morgan fingerprint density at radius 2 is 2.10 bits per heavy atom. The van der Waals surface area contributed by atoms with Crippen molar-refractivity contribution in [3.8, 4) is 11.4 Å². The van der Waals surface area contributed by atoms with Gasteiger partial charge in [0, 0.05) is 24.5 Å². The van der Waals surface area contributed by atoms with E-state index in [4.69, 9.17) is 11.6 Å². The third-order valence-electron chi connectivity index (χ3n) is 3.08. The summed E-state index contributed by atoms with van der Waals surface area (Å²) in [7, 11) is 0. The molecule has 6 heteroatoms. The summed E-state index contributed by atoms with van der Waals surface area (Å²) in [5.74, 6) is -0.173. The van der Waals surface area contributed by atoms with Gasteiger partial charge in [-0.05, 0) is 18.2 Å². The van der Waals surface area contributed by atoms with Gasteiger partial charge in [-0.3, -0.25) is 9.36 Å². The Morgan fingerprint density at radius 1 is 1.24 bits per heavy atom. The fourth-order valence-corrected chi connectivity index (χ4v) is 2.20. The number of imidazole rings is 1. The van der Waals surface area contributed by atoms with Crippen LogP contribution < -0.4 is 5.56 Å². The monoisotopic (exact) mass is 303 g/mol. The Balaban J connectivity index is 2.04. The zero-order valence-corrected chi connectivity index (χ0v) is 11.7. The summed E-state index contributed by atoms with van der Waals surface area (Å²) in [5, 5.41) is 0. The van der Waals surface area contributed by atoms with Crippen molar-refractivity contribution in [1.82, 2.24) is 14.1 Å². The Hall–Kier alpha value is -2.40. The minimum atomic E-state index is -0.443. The molecule has 3 aromatic rings. The number of pyridine rings is 1. The average Bonchev–Trinajstić information content (AvgIpc) is 2.96. The molecular formula is C15H11ClFN3O. The maximum atomic E-state index is 14.3. The van der Waals surface area contributed by atoms with Crippen LogP contribution in [0.1, 0.15) is 5.69 Å². The molecule has 0 bridgehead atoms. The van der Waals surface area contributed by atoms with E-state index in [0.29, 0.717) is 17.1 Å². The summed E-state index contributed by atoms with van der Waals surface area (Å²) in [4.78, 5) is 15.8. The first-order valence-corrected chi connectivity index (χ1v) is 6.79. The smallest absolute Gasteiger partial charge is 0.255 e. The predicted octanol–water partition coefficient (Wildman–Crippen LogP) is 2.90. The quantitative estimate of drug-likeness (QED) is 0.698. The number of hydrogen-bond donors (Lipinski definition) is 0. The van der Waals surface area contributed by atoms with Crippen LogP contribution in [0.3, 0.4) is 0 Å². The normalized spacial score (nSPS) is 10.8. The van der Waals surface area contributed by atoms with Crippen molar-refractivity contribution < 1.29 is 4.39 Å². The van der Waals surface area contributed by atoms with Gasteiger partial charge in [-0.1, -0.05) is 6.07 Å². The van der Waals surface area contributed by atoms with Gasteiger partial charge in [0.2, 0.25) is 0 Å². The van der Waals surface area contributed by atoms with Crippen LogP contribution in [-0.2, 0) is 5.88 Å². The Labute approximate surface area is 125 Å². The van der Waals surface area contributed by atoms with Crippen LogP contribution in [-0.4, -0.2) is 14.1 Å². The van der Waals surface area contributed by atoms with E-state index in [2.05, 4.69) is 4.98 Å². The standard InChI is InChI=1S/C15H11ClFN3O/c16-8-11-9-19(10-18-11)14-5-4-12(7-13(14)17)20-6-2-1-3-15(20)21/h1-7,9-10H,8H2. The molecule has 0 aliphatic rings. The van der Waals surface area contributed by atoms with Crippen LogP contribution in [0.25, 0.3) is 11.4 Å². The zero-order valence-electron chi connectivity index (χ0n) is 10.9. The summed E-state index contributed by atoms with van der Waals surface area (Å²) >= 11 is 5.68. The van der Waals surface area contributed by atoms with Crippen LogP contribution >= 0.6 is 11.6 Å². The van der Waals surface area contributed by atoms with Gasteiger partial charge in [-0.2, -0.15) is 0 Å². The van der Waals surface area contributed by atoms with E-state index in [1.165, 1.54) is 23.0 Å². The number of alkyl halides is 1. The highest BCUT2D eigenvalue weighted by molar-refractivity contribution is 6.16. The number of benzene rings is 1. The lowest BCUT2D eigenvalue weighted by Crippen LogP contribution is -2.15. The fraction of sp³-hybridized carbons (Fsp3) is 0.0667. The van der Waals surface area contributed by atoms with Gasteiger partial charge in [0.15, 0.2) is 0 Å². The molecule has 0 N–H and O–H groups in total. The fourth-order valence-electron chi connectivity index (χ4n) is 2.06. The Kier molecular flexibility index (Phi) is 3.58. The lowest BCUT2D eigenvalue weighted by molar-refractivity contribution is 0.616. The van der Waals surface area contributed by atoms with Crippen LogP contribution in [0.5, 0.6) is 0 Å². The van der Waals surface area contributed by atoms with Gasteiger partial charge in [-0.15, -0.1) is 11.6 Å². The lowest BCUT2D eigenvalue weighted by Gasteiger charge is -2.08. The van der Waals surface area contributed by atoms with Crippen LogP contribution in [0.15, 0.2) is 59.9 Å². The number of hydrogen-bond acceptors (Lipinski definition) is 2. The van der Waals surface area contributed by atoms with Crippen molar-refractivity contribution >= 4 is 11.6 Å².